The number of hydrogen-bond acceptors (Lipinski definition) is 3. The Morgan fingerprint density at radius 3 is 2.56 bits per heavy atom. The molecule has 1 unspecified atom stereocenters. The zero-order valence-corrected chi connectivity index (χ0v) is 10.4. The highest BCUT2D eigenvalue weighted by atomic mass is 16.3. The van der Waals surface area contributed by atoms with Gasteiger partial charge in [0.25, 0.3) is 0 Å². The summed E-state index contributed by atoms with van der Waals surface area (Å²) in [7, 11) is 0. The minimum Gasteiger partial charge on any atom is -0.387 e. The molecule has 0 radical (unpaired) electrons. The van der Waals surface area contributed by atoms with Gasteiger partial charge < -0.3 is 5.11 Å². The summed E-state index contributed by atoms with van der Waals surface area (Å²) >= 11 is 0. The number of aliphatic hydroxyl groups excluding tert-OH is 1. The van der Waals surface area contributed by atoms with Gasteiger partial charge >= 0.3 is 0 Å². The third-order valence-corrected chi connectivity index (χ3v) is 2.73. The maximum atomic E-state index is 9.29. The van der Waals surface area contributed by atoms with E-state index in [1.807, 2.05) is 10.9 Å². The van der Waals surface area contributed by atoms with Gasteiger partial charge in [0.1, 0.15) is 5.69 Å². The molecule has 0 spiro atoms. The molecule has 1 rings (SSSR count). The van der Waals surface area contributed by atoms with Crippen molar-refractivity contribution < 1.29 is 5.11 Å². The highest BCUT2D eigenvalue weighted by Crippen LogP contribution is 2.08. The molecule has 1 aromatic rings. The van der Waals surface area contributed by atoms with Crippen molar-refractivity contribution in [3.05, 3.63) is 11.9 Å². The topological polar surface area (TPSA) is 50.9 Å². The van der Waals surface area contributed by atoms with E-state index in [1.165, 1.54) is 32.1 Å². The van der Waals surface area contributed by atoms with Gasteiger partial charge in [0.05, 0.1) is 12.3 Å². The smallest absolute Gasteiger partial charge is 0.111 e. The van der Waals surface area contributed by atoms with Crippen molar-refractivity contribution in [2.45, 2.75) is 65.0 Å². The number of hydrogen-bond donors (Lipinski definition) is 1. The van der Waals surface area contributed by atoms with Crippen LogP contribution in [0.4, 0.5) is 0 Å². The fraction of sp³-hybridized carbons (Fsp3) is 0.833. The van der Waals surface area contributed by atoms with Crippen LogP contribution in [-0.2, 0) is 6.54 Å². The molecule has 92 valence electrons. The molecule has 0 aliphatic heterocycles. The van der Waals surface area contributed by atoms with Crippen LogP contribution in [0.1, 0.15) is 64.2 Å². The van der Waals surface area contributed by atoms with Crippen molar-refractivity contribution >= 4 is 0 Å². The highest BCUT2D eigenvalue weighted by Gasteiger charge is 2.05. The van der Waals surface area contributed by atoms with Crippen LogP contribution in [0, 0.1) is 0 Å². The lowest BCUT2D eigenvalue weighted by molar-refractivity contribution is 0.194. The van der Waals surface area contributed by atoms with Gasteiger partial charge in [-0.3, -0.25) is 4.68 Å². The van der Waals surface area contributed by atoms with Crippen molar-refractivity contribution in [2.24, 2.45) is 0 Å². The molecular weight excluding hydrogens is 202 g/mol. The molecule has 0 saturated heterocycles. The van der Waals surface area contributed by atoms with Crippen LogP contribution >= 0.6 is 0 Å². The Balaban J connectivity index is 2.12. The van der Waals surface area contributed by atoms with E-state index >= 15 is 0 Å². The van der Waals surface area contributed by atoms with Crippen molar-refractivity contribution in [2.75, 3.05) is 0 Å². The molecule has 4 heteroatoms. The van der Waals surface area contributed by atoms with E-state index in [4.69, 9.17) is 0 Å². The minimum absolute atomic E-state index is 0.515. The summed E-state index contributed by atoms with van der Waals surface area (Å²) in [5.74, 6) is 0. The van der Waals surface area contributed by atoms with E-state index in [0.717, 1.165) is 13.0 Å². The Hall–Kier alpha value is -0.900. The third-order valence-electron chi connectivity index (χ3n) is 2.73. The Morgan fingerprint density at radius 1 is 1.25 bits per heavy atom. The lowest BCUT2D eigenvalue weighted by Gasteiger charge is -2.00. The highest BCUT2D eigenvalue weighted by molar-refractivity contribution is 4.95. The third kappa shape index (κ3) is 4.75. The fourth-order valence-electron chi connectivity index (χ4n) is 1.67. The largest absolute Gasteiger partial charge is 0.387 e. The molecule has 1 heterocycles. The average Bonchev–Trinajstić information content (AvgIpc) is 2.72. The van der Waals surface area contributed by atoms with Gasteiger partial charge in [-0.2, -0.15) is 0 Å². The summed E-state index contributed by atoms with van der Waals surface area (Å²) in [5, 5.41) is 17.2. The number of nitrogens with zero attached hydrogens (tertiary/aromatic N) is 3. The molecule has 0 amide bonds. The Labute approximate surface area is 97.7 Å². The van der Waals surface area contributed by atoms with Crippen molar-refractivity contribution in [1.29, 1.82) is 0 Å². The quantitative estimate of drug-likeness (QED) is 0.692. The lowest BCUT2D eigenvalue weighted by Crippen LogP contribution is -1.98. The van der Waals surface area contributed by atoms with Crippen LogP contribution < -0.4 is 0 Å². The van der Waals surface area contributed by atoms with Crippen LogP contribution in [-0.4, -0.2) is 20.1 Å². The molecule has 0 aromatic carbocycles. The monoisotopic (exact) mass is 225 g/mol. The van der Waals surface area contributed by atoms with Gasteiger partial charge in [-0.25, -0.2) is 0 Å². The molecule has 4 nitrogen and oxygen atoms in total. The zero-order valence-electron chi connectivity index (χ0n) is 10.4. The molecule has 1 aromatic heterocycles. The van der Waals surface area contributed by atoms with E-state index in [1.54, 1.807) is 6.92 Å². The summed E-state index contributed by atoms with van der Waals surface area (Å²) in [5.41, 5.74) is 0.658. The first-order valence-corrected chi connectivity index (χ1v) is 6.32. The molecule has 1 atom stereocenters. The molecule has 0 aliphatic rings. The van der Waals surface area contributed by atoms with Crippen LogP contribution in [0.25, 0.3) is 0 Å². The van der Waals surface area contributed by atoms with Gasteiger partial charge in [0.15, 0.2) is 0 Å². The standard InChI is InChI=1S/C12H23N3O/c1-3-4-5-6-7-8-9-15-10-12(11(2)16)13-14-15/h10-11,16H,3-9H2,1-2H3. The van der Waals surface area contributed by atoms with E-state index < -0.39 is 6.10 Å². The Morgan fingerprint density at radius 2 is 1.94 bits per heavy atom. The summed E-state index contributed by atoms with van der Waals surface area (Å²) in [6.45, 7) is 4.85. The number of aryl methyl sites for hydroxylation is 1. The predicted octanol–water partition coefficient (Wildman–Crippen LogP) is 2.69. The summed E-state index contributed by atoms with van der Waals surface area (Å²) in [6.07, 6.45) is 9.00. The van der Waals surface area contributed by atoms with Gasteiger partial charge in [-0.1, -0.05) is 44.2 Å². The van der Waals surface area contributed by atoms with Gasteiger partial charge in [-0.15, -0.1) is 5.10 Å². The second-order valence-electron chi connectivity index (χ2n) is 4.35. The van der Waals surface area contributed by atoms with E-state index in [-0.39, 0.29) is 0 Å². The van der Waals surface area contributed by atoms with Crippen molar-refractivity contribution in [3.63, 3.8) is 0 Å². The van der Waals surface area contributed by atoms with Crippen LogP contribution in [0.3, 0.4) is 0 Å². The van der Waals surface area contributed by atoms with Gasteiger partial charge in [0.2, 0.25) is 0 Å². The summed E-state index contributed by atoms with van der Waals surface area (Å²) in [4.78, 5) is 0. The minimum atomic E-state index is -0.515. The number of rotatable bonds is 8. The first-order chi connectivity index (χ1) is 7.74. The maximum Gasteiger partial charge on any atom is 0.111 e. The van der Waals surface area contributed by atoms with E-state index in [0.29, 0.717) is 5.69 Å². The first kappa shape index (κ1) is 13.2. The molecule has 0 fully saturated rings. The second-order valence-corrected chi connectivity index (χ2v) is 4.35. The maximum absolute atomic E-state index is 9.29. The predicted molar refractivity (Wildman–Crippen MR) is 64.0 cm³/mol. The fourth-order valence-corrected chi connectivity index (χ4v) is 1.67. The second kappa shape index (κ2) is 7.39. The van der Waals surface area contributed by atoms with Gasteiger partial charge in [-0.05, 0) is 13.3 Å². The number of aromatic nitrogens is 3. The Bertz CT molecular complexity index is 284. The van der Waals surface area contributed by atoms with Crippen molar-refractivity contribution in [1.82, 2.24) is 15.0 Å². The summed E-state index contributed by atoms with van der Waals surface area (Å²) < 4.78 is 1.82. The van der Waals surface area contributed by atoms with Crippen LogP contribution in [0.2, 0.25) is 0 Å². The normalized spacial score (nSPS) is 12.9. The molecule has 1 N–H and O–H groups in total. The van der Waals surface area contributed by atoms with E-state index in [9.17, 15) is 5.11 Å². The SMILES string of the molecule is CCCCCCCCn1cc(C(C)O)nn1. The summed E-state index contributed by atoms with van der Waals surface area (Å²) in [6, 6.07) is 0. The van der Waals surface area contributed by atoms with Crippen molar-refractivity contribution in [3.8, 4) is 0 Å². The lowest BCUT2D eigenvalue weighted by atomic mass is 10.1. The number of aliphatic hydroxyl groups is 1. The molecule has 0 saturated carbocycles. The first-order valence-electron chi connectivity index (χ1n) is 6.32. The molecular formula is C12H23N3O. The molecule has 16 heavy (non-hydrogen) atoms. The average molecular weight is 225 g/mol. The Kier molecular flexibility index (Phi) is 6.08. The van der Waals surface area contributed by atoms with Crippen LogP contribution in [0.15, 0.2) is 6.20 Å². The zero-order chi connectivity index (χ0) is 11.8. The van der Waals surface area contributed by atoms with E-state index in [2.05, 4.69) is 17.2 Å². The number of unbranched alkanes of at least 4 members (excludes halogenated alkanes) is 5. The molecule has 0 aliphatic carbocycles. The van der Waals surface area contributed by atoms with Crippen LogP contribution in [0.5, 0.6) is 0 Å². The molecule has 0 bridgehead atoms. The van der Waals surface area contributed by atoms with Gasteiger partial charge in [0, 0.05) is 6.54 Å².